The fourth-order valence-electron chi connectivity index (χ4n) is 1.38. The molecule has 0 saturated carbocycles. The number of amides is 1. The molecule has 0 aliphatic carbocycles. The van der Waals surface area contributed by atoms with Crippen LogP contribution >= 0.6 is 0 Å². The van der Waals surface area contributed by atoms with E-state index in [2.05, 4.69) is 5.32 Å². The van der Waals surface area contributed by atoms with Crippen LogP contribution in [0.5, 0.6) is 5.75 Å². The molecule has 0 aromatic heterocycles. The minimum atomic E-state index is -0.829. The molecule has 0 spiro atoms. The highest BCUT2D eigenvalue weighted by Crippen LogP contribution is 2.28. The second-order valence-corrected chi connectivity index (χ2v) is 3.69. The van der Waals surface area contributed by atoms with Gasteiger partial charge in [-0.3, -0.25) is 14.9 Å². The molecule has 0 bridgehead atoms. The summed E-state index contributed by atoms with van der Waals surface area (Å²) in [5.74, 6) is -0.277. The zero-order valence-corrected chi connectivity index (χ0v) is 10.6. The number of hydrogen-bond acceptors (Lipinski definition) is 6. The zero-order valence-electron chi connectivity index (χ0n) is 10.6. The van der Waals surface area contributed by atoms with Crippen LogP contribution in [0.3, 0.4) is 0 Å². The molecule has 0 heterocycles. The number of benzene rings is 1. The molecule has 0 aliphatic rings. The van der Waals surface area contributed by atoms with Gasteiger partial charge in [-0.2, -0.15) is 0 Å². The lowest BCUT2D eigenvalue weighted by atomic mass is 10.2. The molecule has 104 valence electrons. The van der Waals surface area contributed by atoms with E-state index in [1.165, 1.54) is 32.4 Å². The number of nitro benzene ring substituents is 1. The molecule has 0 radical (unpaired) electrons. The first kappa shape index (κ1) is 14.9. The number of rotatable bonds is 6. The standard InChI is InChI=1S/C11H15N3O5/c1-18-6-8(12)11(15)13-9-4-3-7(14(16)17)5-10(9)19-2/h3-5,8H,6,12H2,1-2H3,(H,13,15). The average molecular weight is 269 g/mol. The highest BCUT2D eigenvalue weighted by atomic mass is 16.6. The molecule has 1 amide bonds. The Labute approximate surface area is 109 Å². The molecule has 8 nitrogen and oxygen atoms in total. The van der Waals surface area contributed by atoms with Gasteiger partial charge in [-0.1, -0.05) is 0 Å². The number of anilines is 1. The second-order valence-electron chi connectivity index (χ2n) is 3.69. The van der Waals surface area contributed by atoms with E-state index < -0.39 is 16.9 Å². The smallest absolute Gasteiger partial charge is 0.273 e. The monoisotopic (exact) mass is 269 g/mol. The summed E-state index contributed by atoms with van der Waals surface area (Å²) in [5, 5.41) is 13.1. The summed E-state index contributed by atoms with van der Waals surface area (Å²) in [4.78, 5) is 21.8. The average Bonchev–Trinajstić information content (AvgIpc) is 2.39. The maximum atomic E-state index is 11.7. The van der Waals surface area contributed by atoms with Gasteiger partial charge < -0.3 is 20.5 Å². The summed E-state index contributed by atoms with van der Waals surface area (Å²) in [6.07, 6.45) is 0. The Morgan fingerprint density at radius 2 is 2.21 bits per heavy atom. The van der Waals surface area contributed by atoms with Crippen LogP contribution in [0, 0.1) is 10.1 Å². The molecule has 19 heavy (non-hydrogen) atoms. The summed E-state index contributed by atoms with van der Waals surface area (Å²) in [7, 11) is 2.78. The molecule has 1 aromatic carbocycles. The van der Waals surface area contributed by atoms with Crippen LogP contribution in [-0.2, 0) is 9.53 Å². The first-order valence-corrected chi connectivity index (χ1v) is 5.37. The van der Waals surface area contributed by atoms with Gasteiger partial charge in [0.1, 0.15) is 11.8 Å². The number of nitrogens with zero attached hydrogens (tertiary/aromatic N) is 1. The minimum absolute atomic E-state index is 0.0706. The summed E-state index contributed by atoms with van der Waals surface area (Å²) in [5.41, 5.74) is 5.74. The van der Waals surface area contributed by atoms with E-state index >= 15 is 0 Å². The number of non-ortho nitro benzene ring substituents is 1. The number of carbonyl (C=O) groups excluding carboxylic acids is 1. The normalized spacial score (nSPS) is 11.7. The molecule has 0 fully saturated rings. The summed E-state index contributed by atoms with van der Waals surface area (Å²) >= 11 is 0. The van der Waals surface area contributed by atoms with Crippen molar-refractivity contribution >= 4 is 17.3 Å². The quantitative estimate of drug-likeness (QED) is 0.574. The van der Waals surface area contributed by atoms with Gasteiger partial charge in [0.2, 0.25) is 5.91 Å². The zero-order chi connectivity index (χ0) is 14.4. The lowest BCUT2D eigenvalue weighted by Crippen LogP contribution is -2.39. The first-order chi connectivity index (χ1) is 8.99. The van der Waals surface area contributed by atoms with E-state index in [0.29, 0.717) is 5.69 Å². The van der Waals surface area contributed by atoms with Gasteiger partial charge in [0.15, 0.2) is 0 Å². The third kappa shape index (κ3) is 3.90. The molecule has 1 rings (SSSR count). The maximum absolute atomic E-state index is 11.7. The molecule has 1 atom stereocenters. The van der Waals surface area contributed by atoms with Crippen molar-refractivity contribution in [2.24, 2.45) is 5.73 Å². The molecule has 1 aromatic rings. The summed E-state index contributed by atoms with van der Waals surface area (Å²) in [6.45, 7) is 0.0706. The number of ether oxygens (including phenoxy) is 2. The number of nitro groups is 1. The first-order valence-electron chi connectivity index (χ1n) is 5.37. The number of hydrogen-bond donors (Lipinski definition) is 2. The summed E-state index contributed by atoms with van der Waals surface area (Å²) in [6, 6.07) is 3.04. The van der Waals surface area contributed by atoms with Crippen molar-refractivity contribution in [1.82, 2.24) is 0 Å². The van der Waals surface area contributed by atoms with Gasteiger partial charge >= 0.3 is 0 Å². The topological polar surface area (TPSA) is 117 Å². The van der Waals surface area contributed by atoms with Crippen LogP contribution in [0.2, 0.25) is 0 Å². The van der Waals surface area contributed by atoms with E-state index in [-0.39, 0.29) is 18.0 Å². The third-order valence-electron chi connectivity index (χ3n) is 2.34. The minimum Gasteiger partial charge on any atom is -0.494 e. The van der Waals surface area contributed by atoms with Crippen molar-refractivity contribution in [3.05, 3.63) is 28.3 Å². The van der Waals surface area contributed by atoms with Crippen LogP contribution < -0.4 is 15.8 Å². The van der Waals surface area contributed by atoms with Crippen molar-refractivity contribution in [1.29, 1.82) is 0 Å². The van der Waals surface area contributed by atoms with Gasteiger partial charge in [-0.25, -0.2) is 0 Å². The Morgan fingerprint density at radius 1 is 1.53 bits per heavy atom. The van der Waals surface area contributed by atoms with Gasteiger partial charge in [-0.05, 0) is 6.07 Å². The van der Waals surface area contributed by atoms with Crippen LogP contribution in [-0.4, -0.2) is 37.7 Å². The molecule has 3 N–H and O–H groups in total. The van der Waals surface area contributed by atoms with Crippen LogP contribution in [0.1, 0.15) is 0 Å². The van der Waals surface area contributed by atoms with E-state index in [9.17, 15) is 14.9 Å². The van der Waals surface area contributed by atoms with Crippen molar-refractivity contribution in [2.75, 3.05) is 26.1 Å². The number of nitrogens with one attached hydrogen (secondary N) is 1. The van der Waals surface area contributed by atoms with Crippen molar-refractivity contribution in [3.8, 4) is 5.75 Å². The molecule has 0 aliphatic heterocycles. The largest absolute Gasteiger partial charge is 0.494 e. The van der Waals surface area contributed by atoms with Crippen LogP contribution in [0.4, 0.5) is 11.4 Å². The summed E-state index contributed by atoms with van der Waals surface area (Å²) < 4.78 is 9.75. The Balaban J connectivity index is 2.89. The third-order valence-corrected chi connectivity index (χ3v) is 2.34. The van der Waals surface area contributed by atoms with Crippen molar-refractivity contribution < 1.29 is 19.2 Å². The molecule has 1 unspecified atom stereocenters. The molecular formula is C11H15N3O5. The second kappa shape index (κ2) is 6.66. The van der Waals surface area contributed by atoms with Gasteiger partial charge in [0.05, 0.1) is 30.4 Å². The number of methoxy groups -OCH3 is 2. The van der Waals surface area contributed by atoms with Crippen molar-refractivity contribution in [3.63, 3.8) is 0 Å². The Kier molecular flexibility index (Phi) is 5.22. The van der Waals surface area contributed by atoms with Crippen molar-refractivity contribution in [2.45, 2.75) is 6.04 Å². The SMILES string of the molecule is COCC(N)C(=O)Nc1ccc([N+](=O)[O-])cc1OC. The molecular weight excluding hydrogens is 254 g/mol. The predicted octanol–water partition coefficient (Wildman–Crippen LogP) is 0.516. The van der Waals surface area contributed by atoms with Gasteiger partial charge in [-0.15, -0.1) is 0 Å². The molecule has 0 saturated heterocycles. The highest BCUT2D eigenvalue weighted by molar-refractivity contribution is 5.96. The van der Waals surface area contributed by atoms with Crippen LogP contribution in [0.25, 0.3) is 0 Å². The Morgan fingerprint density at radius 3 is 2.74 bits per heavy atom. The lowest BCUT2D eigenvalue weighted by molar-refractivity contribution is -0.384. The van der Waals surface area contributed by atoms with Gasteiger partial charge in [0.25, 0.3) is 5.69 Å². The van der Waals surface area contributed by atoms with Gasteiger partial charge in [0, 0.05) is 13.2 Å². The Bertz CT molecular complexity index is 477. The number of carbonyl (C=O) groups is 1. The van der Waals surface area contributed by atoms with Crippen LogP contribution in [0.15, 0.2) is 18.2 Å². The van der Waals surface area contributed by atoms with E-state index in [4.69, 9.17) is 15.2 Å². The fraction of sp³-hybridized carbons (Fsp3) is 0.364. The van der Waals surface area contributed by atoms with E-state index in [0.717, 1.165) is 0 Å². The highest BCUT2D eigenvalue weighted by Gasteiger charge is 2.17. The fourth-order valence-corrected chi connectivity index (χ4v) is 1.38. The Hall–Kier alpha value is -2.19. The maximum Gasteiger partial charge on any atom is 0.273 e. The predicted molar refractivity (Wildman–Crippen MR) is 68.1 cm³/mol. The van der Waals surface area contributed by atoms with E-state index in [1.807, 2.05) is 0 Å². The molecule has 8 heteroatoms. The number of nitrogens with two attached hydrogens (primary N) is 1. The van der Waals surface area contributed by atoms with E-state index in [1.54, 1.807) is 0 Å². The lowest BCUT2D eigenvalue weighted by Gasteiger charge is -2.13.